The van der Waals surface area contributed by atoms with Gasteiger partial charge in [-0.3, -0.25) is 0 Å². The summed E-state index contributed by atoms with van der Waals surface area (Å²) in [6, 6.07) is 25.8. The summed E-state index contributed by atoms with van der Waals surface area (Å²) in [5.74, 6) is 0.907. The number of hydrogen-bond acceptors (Lipinski definition) is 5. The van der Waals surface area contributed by atoms with Gasteiger partial charge in [-0.2, -0.15) is 0 Å². The zero-order valence-electron chi connectivity index (χ0n) is 19.0. The molecule has 0 aliphatic heterocycles. The largest absolute Gasteiger partial charge is 0.482 e. The average Bonchev–Trinajstić information content (AvgIpc) is 3.34. The Balaban J connectivity index is 1.68. The lowest BCUT2D eigenvalue weighted by Crippen LogP contribution is -2.44. The van der Waals surface area contributed by atoms with Crippen LogP contribution >= 0.6 is 0 Å². The smallest absolute Gasteiger partial charge is 0.341 e. The molecule has 0 fully saturated rings. The third kappa shape index (κ3) is 3.86. The van der Waals surface area contributed by atoms with Gasteiger partial charge in [-0.15, -0.1) is 0 Å². The Morgan fingerprint density at radius 3 is 2.41 bits per heavy atom. The van der Waals surface area contributed by atoms with Crippen LogP contribution in [0.15, 0.2) is 83.3 Å². The van der Waals surface area contributed by atoms with Gasteiger partial charge in [-0.1, -0.05) is 72.8 Å². The second-order valence-electron chi connectivity index (χ2n) is 8.40. The summed E-state index contributed by atoms with van der Waals surface area (Å²) in [7, 11) is 1.91. The van der Waals surface area contributed by atoms with Crippen molar-refractivity contribution in [2.24, 2.45) is 0 Å². The van der Waals surface area contributed by atoms with E-state index in [9.17, 15) is 4.79 Å². The molecule has 1 atom stereocenters. The first kappa shape index (κ1) is 21.9. The number of aliphatic carboxylic acids is 1. The number of hydrogen-bond donors (Lipinski definition) is 2. The van der Waals surface area contributed by atoms with Crippen LogP contribution in [-0.4, -0.2) is 29.7 Å². The molecule has 0 spiro atoms. The van der Waals surface area contributed by atoms with E-state index in [0.717, 1.165) is 53.0 Å². The Bertz CT molecular complexity index is 1240. The number of nitrogens with zero attached hydrogens (tertiary/aromatic N) is 1. The van der Waals surface area contributed by atoms with E-state index in [1.54, 1.807) is 0 Å². The molecule has 5 rings (SSSR count). The van der Waals surface area contributed by atoms with Crippen LogP contribution in [0.5, 0.6) is 5.75 Å². The fourth-order valence-corrected chi connectivity index (χ4v) is 4.83. The lowest BCUT2D eigenvalue weighted by atomic mass is 9.76. The zero-order chi connectivity index (χ0) is 23.5. The van der Waals surface area contributed by atoms with Crippen molar-refractivity contribution >= 4 is 5.97 Å². The number of rotatable bonds is 7. The van der Waals surface area contributed by atoms with E-state index in [-0.39, 0.29) is 6.61 Å². The molecule has 2 N–H and O–H groups in total. The lowest BCUT2D eigenvalue weighted by molar-refractivity contribution is -0.139. The molecule has 34 heavy (non-hydrogen) atoms. The molecule has 0 bridgehead atoms. The van der Waals surface area contributed by atoms with E-state index in [4.69, 9.17) is 19.2 Å². The third-order valence-electron chi connectivity index (χ3n) is 6.42. The van der Waals surface area contributed by atoms with E-state index >= 15 is 0 Å². The molecule has 0 unspecified atom stereocenters. The van der Waals surface area contributed by atoms with Crippen molar-refractivity contribution in [2.45, 2.75) is 24.8 Å². The molecular weight excluding hydrogens is 428 g/mol. The quantitative estimate of drug-likeness (QED) is 0.396. The van der Waals surface area contributed by atoms with Gasteiger partial charge in [0.25, 0.3) is 0 Å². The summed E-state index contributed by atoms with van der Waals surface area (Å²) in [4.78, 5) is 16.2. The monoisotopic (exact) mass is 454 g/mol. The van der Waals surface area contributed by atoms with Crippen LogP contribution in [0.2, 0.25) is 0 Å². The maximum atomic E-state index is 11.1. The van der Waals surface area contributed by atoms with Crippen LogP contribution < -0.4 is 10.1 Å². The number of fused-ring (bicyclic) bond motifs is 1. The standard InChI is InChI=1S/C28H26N2O4/c1-29-28(17-9-14-21-22(28)15-8-16-23(21)33-18-24(31)32)27-30-25(19-10-4-2-5-11-19)26(34-27)20-12-6-3-7-13-20/h2-8,10-13,15-16,29H,9,14,17-18H2,1H3,(H,31,32)/t28-/m1/s1. The molecule has 0 radical (unpaired) electrons. The van der Waals surface area contributed by atoms with Crippen LogP contribution in [0.4, 0.5) is 0 Å². The fraction of sp³-hybridized carbons (Fsp3) is 0.214. The van der Waals surface area contributed by atoms with Crippen LogP contribution in [0.3, 0.4) is 0 Å². The molecular formula is C28H26N2O4. The zero-order valence-corrected chi connectivity index (χ0v) is 19.0. The second kappa shape index (κ2) is 9.15. The molecule has 1 aromatic heterocycles. The lowest BCUT2D eigenvalue weighted by Gasteiger charge is -2.37. The number of carboxylic acid groups (broad SMARTS) is 1. The van der Waals surface area contributed by atoms with Gasteiger partial charge in [0.1, 0.15) is 17.0 Å². The minimum atomic E-state index is -0.999. The van der Waals surface area contributed by atoms with Crippen LogP contribution in [0, 0.1) is 0 Å². The van der Waals surface area contributed by atoms with Gasteiger partial charge in [0.15, 0.2) is 12.4 Å². The number of aromatic nitrogens is 1. The summed E-state index contributed by atoms with van der Waals surface area (Å²) in [6.45, 7) is -0.377. The van der Waals surface area contributed by atoms with Gasteiger partial charge in [-0.25, -0.2) is 9.78 Å². The number of carbonyl (C=O) groups is 1. The molecule has 0 amide bonds. The number of benzene rings is 3. The Morgan fingerprint density at radius 1 is 1.03 bits per heavy atom. The molecule has 0 saturated carbocycles. The summed E-state index contributed by atoms with van der Waals surface area (Å²) in [6.07, 6.45) is 2.47. The molecule has 1 aliphatic carbocycles. The van der Waals surface area contributed by atoms with Gasteiger partial charge in [0.05, 0.1) is 0 Å². The van der Waals surface area contributed by atoms with Crippen LogP contribution in [-0.2, 0) is 16.8 Å². The van der Waals surface area contributed by atoms with Crippen molar-refractivity contribution in [1.29, 1.82) is 0 Å². The number of nitrogens with one attached hydrogen (secondary N) is 1. The summed E-state index contributed by atoms with van der Waals surface area (Å²) in [5, 5.41) is 12.6. The number of oxazole rings is 1. The SMILES string of the molecule is CN[C@]1(c2nc(-c3ccccc3)c(-c3ccccc3)o2)CCCc2c(OCC(=O)O)cccc21. The Morgan fingerprint density at radius 2 is 1.74 bits per heavy atom. The maximum absolute atomic E-state index is 11.1. The van der Waals surface area contributed by atoms with Crippen molar-refractivity contribution in [1.82, 2.24) is 10.3 Å². The van der Waals surface area contributed by atoms with E-state index in [2.05, 4.69) is 5.32 Å². The second-order valence-corrected chi connectivity index (χ2v) is 8.40. The molecule has 172 valence electrons. The number of ether oxygens (including phenoxy) is 1. The van der Waals surface area contributed by atoms with Gasteiger partial charge < -0.3 is 19.6 Å². The van der Waals surface area contributed by atoms with Gasteiger partial charge >= 0.3 is 5.97 Å². The van der Waals surface area contributed by atoms with Gasteiger partial charge in [-0.05, 0) is 43.5 Å². The molecule has 4 aromatic rings. The Kier molecular flexibility index (Phi) is 5.90. The molecule has 6 nitrogen and oxygen atoms in total. The highest BCUT2D eigenvalue weighted by molar-refractivity contribution is 5.77. The Labute approximate surface area is 198 Å². The van der Waals surface area contributed by atoms with Gasteiger partial charge in [0, 0.05) is 11.1 Å². The first-order valence-corrected chi connectivity index (χ1v) is 11.4. The van der Waals surface area contributed by atoms with Gasteiger partial charge in [0.2, 0.25) is 5.89 Å². The predicted octanol–water partition coefficient (Wildman–Crippen LogP) is 5.27. The first-order chi connectivity index (χ1) is 16.6. The molecule has 1 heterocycles. The van der Waals surface area contributed by atoms with E-state index in [0.29, 0.717) is 11.6 Å². The van der Waals surface area contributed by atoms with Crippen molar-refractivity contribution < 1.29 is 19.1 Å². The van der Waals surface area contributed by atoms with Crippen molar-refractivity contribution in [3.63, 3.8) is 0 Å². The highest BCUT2D eigenvalue weighted by Gasteiger charge is 2.43. The van der Waals surface area contributed by atoms with Crippen LogP contribution in [0.1, 0.15) is 29.9 Å². The maximum Gasteiger partial charge on any atom is 0.341 e. The summed E-state index contributed by atoms with van der Waals surface area (Å²) >= 11 is 0. The minimum Gasteiger partial charge on any atom is -0.482 e. The normalized spacial score (nSPS) is 17.2. The summed E-state index contributed by atoms with van der Waals surface area (Å²) < 4.78 is 12.2. The highest BCUT2D eigenvalue weighted by atomic mass is 16.5. The fourth-order valence-electron chi connectivity index (χ4n) is 4.83. The van der Waals surface area contributed by atoms with Crippen molar-refractivity contribution in [3.8, 4) is 28.3 Å². The molecule has 3 aromatic carbocycles. The molecule has 6 heteroatoms. The minimum absolute atomic E-state index is 0.377. The predicted molar refractivity (Wildman–Crippen MR) is 130 cm³/mol. The number of carboxylic acids is 1. The summed E-state index contributed by atoms with van der Waals surface area (Å²) in [5.41, 5.74) is 4.07. The van der Waals surface area contributed by atoms with E-state index < -0.39 is 11.5 Å². The third-order valence-corrected chi connectivity index (χ3v) is 6.42. The van der Waals surface area contributed by atoms with Crippen LogP contribution in [0.25, 0.3) is 22.6 Å². The van der Waals surface area contributed by atoms with Crippen molar-refractivity contribution in [2.75, 3.05) is 13.7 Å². The van der Waals surface area contributed by atoms with E-state index in [1.807, 2.05) is 85.9 Å². The highest BCUT2D eigenvalue weighted by Crippen LogP contribution is 2.45. The molecule has 0 saturated heterocycles. The average molecular weight is 455 g/mol. The Hall–Kier alpha value is -3.90. The van der Waals surface area contributed by atoms with Crippen molar-refractivity contribution in [3.05, 3.63) is 95.9 Å². The molecule has 1 aliphatic rings. The topological polar surface area (TPSA) is 84.6 Å². The van der Waals surface area contributed by atoms with E-state index in [1.165, 1.54) is 0 Å². The first-order valence-electron chi connectivity index (χ1n) is 11.4.